The molecule has 1 aliphatic rings. The van der Waals surface area contributed by atoms with Gasteiger partial charge in [0.15, 0.2) is 0 Å². The minimum absolute atomic E-state index is 0.134. The molecule has 0 saturated heterocycles. The maximum absolute atomic E-state index is 12.9. The lowest BCUT2D eigenvalue weighted by atomic mass is 10.1. The smallest absolute Gasteiger partial charge is 0.265 e. The van der Waals surface area contributed by atoms with Crippen LogP contribution in [0.3, 0.4) is 0 Å². The predicted octanol–water partition coefficient (Wildman–Crippen LogP) is 2.25. The molecule has 0 spiro atoms. The predicted molar refractivity (Wildman–Crippen MR) is 87.0 cm³/mol. The number of nitrogens with one attached hydrogen (secondary N) is 1. The van der Waals surface area contributed by atoms with Gasteiger partial charge in [-0.2, -0.15) is 0 Å². The number of carbonyl (C=O) groups is 1. The molecular weight excluding hydrogens is 320 g/mol. The van der Waals surface area contributed by atoms with Gasteiger partial charge in [-0.15, -0.1) is 11.3 Å². The minimum atomic E-state index is -3.66. The van der Waals surface area contributed by atoms with Gasteiger partial charge in [-0.1, -0.05) is 18.2 Å². The van der Waals surface area contributed by atoms with Crippen molar-refractivity contribution in [2.45, 2.75) is 24.3 Å². The molecule has 22 heavy (non-hydrogen) atoms. The monoisotopic (exact) mass is 336 g/mol. The molecule has 0 radical (unpaired) electrons. The van der Waals surface area contributed by atoms with Crippen LogP contribution in [0.4, 0.5) is 5.69 Å². The second-order valence-corrected chi connectivity index (χ2v) is 7.93. The van der Waals surface area contributed by atoms with Gasteiger partial charge in [0.2, 0.25) is 0 Å². The van der Waals surface area contributed by atoms with Crippen LogP contribution in [0, 0.1) is 0 Å². The first-order chi connectivity index (χ1) is 10.4. The summed E-state index contributed by atoms with van der Waals surface area (Å²) in [4.78, 5) is 12.2. The molecule has 1 N–H and O–H groups in total. The number of hydrogen-bond acceptors (Lipinski definition) is 4. The second kappa shape index (κ2) is 5.40. The maximum Gasteiger partial charge on any atom is 0.265 e. The Hall–Kier alpha value is -1.86. The summed E-state index contributed by atoms with van der Waals surface area (Å²) in [5, 5.41) is 4.02. The maximum atomic E-state index is 12.9. The van der Waals surface area contributed by atoms with Gasteiger partial charge >= 0.3 is 0 Å². The first-order valence-corrected chi connectivity index (χ1v) is 9.20. The van der Waals surface area contributed by atoms with Crippen LogP contribution in [-0.4, -0.2) is 27.4 Å². The fourth-order valence-electron chi connectivity index (χ4n) is 2.71. The van der Waals surface area contributed by atoms with Crippen LogP contribution in [-0.2, 0) is 16.4 Å². The Kier molecular flexibility index (Phi) is 3.70. The van der Waals surface area contributed by atoms with Crippen LogP contribution in [0.25, 0.3) is 0 Å². The van der Waals surface area contributed by atoms with E-state index in [1.165, 1.54) is 22.8 Å². The average Bonchev–Trinajstić information content (AvgIpc) is 3.10. The Bertz CT molecular complexity index is 827. The molecule has 116 valence electrons. The highest BCUT2D eigenvalue weighted by Crippen LogP contribution is 2.37. The van der Waals surface area contributed by atoms with Crippen LogP contribution in [0.1, 0.15) is 22.2 Å². The van der Waals surface area contributed by atoms with Gasteiger partial charge in [-0.3, -0.25) is 9.10 Å². The largest absolute Gasteiger partial charge is 0.354 e. The summed E-state index contributed by atoms with van der Waals surface area (Å²) in [7, 11) is -2.14. The van der Waals surface area contributed by atoms with Gasteiger partial charge in [0.05, 0.1) is 15.5 Å². The zero-order chi connectivity index (χ0) is 15.9. The van der Waals surface area contributed by atoms with Gasteiger partial charge in [0, 0.05) is 18.5 Å². The fourth-order valence-corrected chi connectivity index (χ4v) is 5.61. The van der Waals surface area contributed by atoms with Crippen molar-refractivity contribution in [2.24, 2.45) is 0 Å². The number of nitrogens with zero attached hydrogens (tertiary/aromatic N) is 1. The number of thiophene rings is 1. The lowest BCUT2D eigenvalue weighted by molar-refractivity contribution is 0.0967. The number of para-hydroxylation sites is 1. The molecule has 1 aromatic carbocycles. The average molecular weight is 336 g/mol. The number of fused-ring (bicyclic) bond motifs is 1. The van der Waals surface area contributed by atoms with Gasteiger partial charge in [-0.05, 0) is 31.0 Å². The Labute approximate surface area is 133 Å². The van der Waals surface area contributed by atoms with E-state index in [4.69, 9.17) is 0 Å². The molecule has 3 rings (SSSR count). The summed E-state index contributed by atoms with van der Waals surface area (Å²) in [6.45, 7) is 1.89. The van der Waals surface area contributed by atoms with E-state index in [0.717, 1.165) is 22.6 Å². The van der Waals surface area contributed by atoms with Crippen LogP contribution in [0.5, 0.6) is 0 Å². The zero-order valence-corrected chi connectivity index (χ0v) is 13.9. The Balaban J connectivity index is 2.03. The molecule has 1 aromatic heterocycles. The van der Waals surface area contributed by atoms with Crippen LogP contribution >= 0.6 is 11.3 Å². The van der Waals surface area contributed by atoms with Gasteiger partial charge < -0.3 is 5.32 Å². The lowest BCUT2D eigenvalue weighted by Crippen LogP contribution is -2.35. The van der Waals surface area contributed by atoms with Crippen molar-refractivity contribution >= 4 is 33.0 Å². The molecule has 0 bridgehead atoms. The standard InChI is InChI=1S/C15H16N2O3S2/c1-10-7-11-5-3-4-6-13(11)17(10)22(19,20)12-8-14(21-9-12)15(18)16-2/h3-6,8-10H,7H2,1-2H3,(H,16,18)/t10-/m0/s1. The third-order valence-corrected chi connectivity index (χ3v) is 6.71. The van der Waals surface area contributed by atoms with Gasteiger partial charge in [0.1, 0.15) is 0 Å². The van der Waals surface area contributed by atoms with Crippen LogP contribution in [0.15, 0.2) is 40.6 Å². The quantitative estimate of drug-likeness (QED) is 0.935. The Morgan fingerprint density at radius 1 is 1.36 bits per heavy atom. The first kappa shape index (κ1) is 15.1. The molecule has 0 aliphatic carbocycles. The van der Waals surface area contributed by atoms with Crippen molar-refractivity contribution in [3.05, 3.63) is 46.2 Å². The van der Waals surface area contributed by atoms with Crippen molar-refractivity contribution in [1.82, 2.24) is 5.32 Å². The van der Waals surface area contributed by atoms with Crippen molar-refractivity contribution in [3.8, 4) is 0 Å². The third-order valence-electron chi connectivity index (χ3n) is 3.73. The van der Waals surface area contributed by atoms with E-state index < -0.39 is 10.0 Å². The normalized spacial score (nSPS) is 17.4. The van der Waals surface area contributed by atoms with Gasteiger partial charge in [-0.25, -0.2) is 8.42 Å². The molecule has 0 saturated carbocycles. The van der Waals surface area contributed by atoms with E-state index in [2.05, 4.69) is 5.32 Å². The Morgan fingerprint density at radius 2 is 2.09 bits per heavy atom. The Morgan fingerprint density at radius 3 is 2.82 bits per heavy atom. The topological polar surface area (TPSA) is 66.5 Å². The zero-order valence-electron chi connectivity index (χ0n) is 12.2. The number of amides is 1. The van der Waals surface area contributed by atoms with E-state index in [1.54, 1.807) is 0 Å². The highest BCUT2D eigenvalue weighted by Gasteiger charge is 2.36. The van der Waals surface area contributed by atoms with E-state index in [9.17, 15) is 13.2 Å². The van der Waals surface area contributed by atoms with Gasteiger partial charge in [0.25, 0.3) is 15.9 Å². The summed E-state index contributed by atoms with van der Waals surface area (Å²) in [5.41, 5.74) is 1.75. The van der Waals surface area contributed by atoms with Crippen LogP contribution < -0.4 is 9.62 Å². The highest BCUT2D eigenvalue weighted by atomic mass is 32.2. The minimum Gasteiger partial charge on any atom is -0.354 e. The van der Waals surface area contributed by atoms with Crippen molar-refractivity contribution in [3.63, 3.8) is 0 Å². The lowest BCUT2D eigenvalue weighted by Gasteiger charge is -2.23. The second-order valence-electron chi connectivity index (χ2n) is 5.21. The highest BCUT2D eigenvalue weighted by molar-refractivity contribution is 7.93. The summed E-state index contributed by atoms with van der Waals surface area (Å²) in [6, 6.07) is 8.82. The number of hydrogen-bond donors (Lipinski definition) is 1. The molecule has 1 atom stereocenters. The number of sulfonamides is 1. The molecule has 0 fully saturated rings. The number of anilines is 1. The SMILES string of the molecule is CNC(=O)c1cc(S(=O)(=O)N2c3ccccc3C[C@@H]2C)cs1. The summed E-state index contributed by atoms with van der Waals surface area (Å²) in [6.07, 6.45) is 0.696. The molecule has 0 unspecified atom stereocenters. The molecule has 1 amide bonds. The number of rotatable bonds is 3. The van der Waals surface area contributed by atoms with E-state index in [1.807, 2.05) is 31.2 Å². The fraction of sp³-hybridized carbons (Fsp3) is 0.267. The number of carbonyl (C=O) groups excluding carboxylic acids is 1. The van der Waals surface area contributed by atoms with Crippen molar-refractivity contribution < 1.29 is 13.2 Å². The summed E-state index contributed by atoms with van der Waals surface area (Å²) < 4.78 is 27.3. The third kappa shape index (κ3) is 2.30. The number of benzene rings is 1. The van der Waals surface area contributed by atoms with Crippen LogP contribution in [0.2, 0.25) is 0 Å². The first-order valence-electron chi connectivity index (χ1n) is 6.88. The molecule has 5 nitrogen and oxygen atoms in total. The molecule has 7 heteroatoms. The molecule has 2 aromatic rings. The molecule has 1 aliphatic heterocycles. The van der Waals surface area contributed by atoms with Crippen molar-refractivity contribution in [1.29, 1.82) is 0 Å². The van der Waals surface area contributed by atoms with E-state index in [-0.39, 0.29) is 16.8 Å². The molecule has 2 heterocycles. The summed E-state index contributed by atoms with van der Waals surface area (Å²) >= 11 is 1.13. The molecular formula is C15H16N2O3S2. The van der Waals surface area contributed by atoms with E-state index >= 15 is 0 Å². The van der Waals surface area contributed by atoms with E-state index in [0.29, 0.717) is 11.3 Å². The summed E-state index contributed by atoms with van der Waals surface area (Å²) in [5.74, 6) is -0.277. The van der Waals surface area contributed by atoms with Crippen molar-refractivity contribution in [2.75, 3.05) is 11.4 Å².